The second-order valence-corrected chi connectivity index (χ2v) is 4.66. The molecule has 0 spiro atoms. The van der Waals surface area contributed by atoms with Crippen LogP contribution in [0.2, 0.25) is 0 Å². The molecule has 0 radical (unpaired) electrons. The van der Waals surface area contributed by atoms with Crippen molar-refractivity contribution in [2.75, 3.05) is 12.3 Å². The minimum Gasteiger partial charge on any atom is -0.398 e. The van der Waals surface area contributed by atoms with Crippen molar-refractivity contribution in [3.8, 4) is 0 Å². The number of carbonyl (C=O) groups is 1. The number of imidazole rings is 1. The van der Waals surface area contributed by atoms with Crippen LogP contribution in [-0.4, -0.2) is 22.0 Å². The van der Waals surface area contributed by atoms with Gasteiger partial charge >= 0.3 is 0 Å². The molecular weight excluding hydrogens is 240 g/mol. The van der Waals surface area contributed by atoms with E-state index >= 15 is 0 Å². The van der Waals surface area contributed by atoms with Gasteiger partial charge in [0.2, 0.25) is 0 Å². The lowest BCUT2D eigenvalue weighted by atomic mass is 10.1. The minimum atomic E-state index is -0.129. The predicted molar refractivity (Wildman–Crippen MR) is 74.6 cm³/mol. The lowest BCUT2D eigenvalue weighted by Crippen LogP contribution is -2.30. The van der Waals surface area contributed by atoms with Crippen LogP contribution >= 0.6 is 0 Å². The second kappa shape index (κ2) is 6.04. The maximum Gasteiger partial charge on any atom is 0.253 e. The number of rotatable bonds is 5. The summed E-state index contributed by atoms with van der Waals surface area (Å²) in [7, 11) is 0. The Bertz CT molecular complexity index is 536. The third kappa shape index (κ3) is 3.58. The maximum atomic E-state index is 12.0. The van der Waals surface area contributed by atoms with Crippen molar-refractivity contribution in [2.45, 2.75) is 13.5 Å². The molecule has 3 N–H and O–H groups in total. The van der Waals surface area contributed by atoms with Crippen LogP contribution < -0.4 is 11.1 Å². The fourth-order valence-corrected chi connectivity index (χ4v) is 1.89. The van der Waals surface area contributed by atoms with E-state index in [-0.39, 0.29) is 5.91 Å². The molecular formula is C14H18N4O. The Morgan fingerprint density at radius 3 is 2.95 bits per heavy atom. The van der Waals surface area contributed by atoms with Gasteiger partial charge in [0, 0.05) is 31.2 Å². The monoisotopic (exact) mass is 258 g/mol. The van der Waals surface area contributed by atoms with Crippen LogP contribution in [0.4, 0.5) is 5.69 Å². The van der Waals surface area contributed by atoms with Gasteiger partial charge in [-0.15, -0.1) is 0 Å². The van der Waals surface area contributed by atoms with Gasteiger partial charge in [-0.2, -0.15) is 0 Å². The quantitative estimate of drug-likeness (QED) is 0.799. The lowest BCUT2D eigenvalue weighted by Gasteiger charge is -2.13. The number of nitrogen functional groups attached to an aromatic ring is 1. The topological polar surface area (TPSA) is 72.9 Å². The number of amides is 1. The molecule has 0 fully saturated rings. The molecule has 0 aliphatic carbocycles. The second-order valence-electron chi connectivity index (χ2n) is 4.66. The number of nitrogens with zero attached hydrogens (tertiary/aromatic N) is 2. The smallest absolute Gasteiger partial charge is 0.253 e. The summed E-state index contributed by atoms with van der Waals surface area (Å²) in [4.78, 5) is 16.0. The molecule has 1 amide bonds. The van der Waals surface area contributed by atoms with E-state index in [1.54, 1.807) is 30.7 Å². The molecule has 0 saturated heterocycles. The van der Waals surface area contributed by atoms with Crippen LogP contribution in [0.1, 0.15) is 17.3 Å². The largest absolute Gasteiger partial charge is 0.398 e. The predicted octanol–water partition coefficient (Wildman–Crippen LogP) is 1.53. The minimum absolute atomic E-state index is 0.129. The van der Waals surface area contributed by atoms with Gasteiger partial charge in [-0.25, -0.2) is 4.98 Å². The van der Waals surface area contributed by atoms with Gasteiger partial charge in [0.15, 0.2) is 0 Å². The van der Waals surface area contributed by atoms with Crippen molar-refractivity contribution in [3.05, 3.63) is 48.5 Å². The molecule has 0 aliphatic heterocycles. The van der Waals surface area contributed by atoms with Gasteiger partial charge in [-0.3, -0.25) is 4.79 Å². The SMILES string of the molecule is CC(CNC(=O)c1ccccc1N)Cn1ccnc1. The zero-order valence-electron chi connectivity index (χ0n) is 10.9. The maximum absolute atomic E-state index is 12.0. The Labute approximate surface area is 112 Å². The van der Waals surface area contributed by atoms with Gasteiger partial charge in [0.05, 0.1) is 11.9 Å². The first-order chi connectivity index (χ1) is 9.16. The Balaban J connectivity index is 1.85. The first-order valence-electron chi connectivity index (χ1n) is 6.25. The van der Waals surface area contributed by atoms with Gasteiger partial charge in [-0.05, 0) is 18.1 Å². The average Bonchev–Trinajstić information content (AvgIpc) is 2.89. The summed E-state index contributed by atoms with van der Waals surface area (Å²) in [6.45, 7) is 3.50. The summed E-state index contributed by atoms with van der Waals surface area (Å²) < 4.78 is 1.99. The standard InChI is InChI=1S/C14H18N4O/c1-11(9-18-7-6-16-10-18)8-17-14(19)12-4-2-3-5-13(12)15/h2-7,10-11H,8-9,15H2,1H3,(H,17,19). The molecule has 100 valence electrons. The van der Waals surface area contributed by atoms with Gasteiger partial charge in [-0.1, -0.05) is 19.1 Å². The number of aromatic nitrogens is 2. The van der Waals surface area contributed by atoms with E-state index in [0.29, 0.717) is 23.7 Å². The Morgan fingerprint density at radius 2 is 2.26 bits per heavy atom. The molecule has 1 aromatic carbocycles. The first kappa shape index (κ1) is 13.1. The molecule has 5 nitrogen and oxygen atoms in total. The highest BCUT2D eigenvalue weighted by Gasteiger charge is 2.10. The normalized spacial score (nSPS) is 12.1. The van der Waals surface area contributed by atoms with Crippen molar-refractivity contribution >= 4 is 11.6 Å². The van der Waals surface area contributed by atoms with Gasteiger partial charge < -0.3 is 15.6 Å². The number of benzene rings is 1. The highest BCUT2D eigenvalue weighted by molar-refractivity contribution is 5.99. The van der Waals surface area contributed by atoms with Gasteiger partial charge in [0.1, 0.15) is 0 Å². The number of hydrogen-bond acceptors (Lipinski definition) is 3. The molecule has 0 saturated carbocycles. The summed E-state index contributed by atoms with van der Waals surface area (Å²) in [6, 6.07) is 7.07. The van der Waals surface area contributed by atoms with E-state index in [1.165, 1.54) is 0 Å². The van der Waals surface area contributed by atoms with E-state index in [0.717, 1.165) is 6.54 Å². The Morgan fingerprint density at radius 1 is 1.47 bits per heavy atom. The number of nitrogens with one attached hydrogen (secondary N) is 1. The first-order valence-corrected chi connectivity index (χ1v) is 6.25. The molecule has 5 heteroatoms. The molecule has 19 heavy (non-hydrogen) atoms. The van der Waals surface area contributed by atoms with Crippen molar-refractivity contribution in [1.82, 2.24) is 14.9 Å². The van der Waals surface area contributed by atoms with E-state index in [2.05, 4.69) is 17.2 Å². The summed E-state index contributed by atoms with van der Waals surface area (Å²) in [5.41, 5.74) is 6.79. The molecule has 1 atom stereocenters. The van der Waals surface area contributed by atoms with Crippen LogP contribution in [0, 0.1) is 5.92 Å². The average molecular weight is 258 g/mol. The number of anilines is 1. The summed E-state index contributed by atoms with van der Waals surface area (Å²) in [6.07, 6.45) is 5.43. The number of carbonyl (C=O) groups excluding carboxylic acids is 1. The van der Waals surface area contributed by atoms with Crippen LogP contribution in [-0.2, 0) is 6.54 Å². The zero-order valence-corrected chi connectivity index (χ0v) is 10.9. The Kier molecular flexibility index (Phi) is 4.18. The van der Waals surface area contributed by atoms with E-state index in [9.17, 15) is 4.79 Å². The third-order valence-corrected chi connectivity index (χ3v) is 2.90. The molecule has 0 bridgehead atoms. The summed E-state index contributed by atoms with van der Waals surface area (Å²) in [5.74, 6) is 0.193. The Hall–Kier alpha value is -2.30. The fourth-order valence-electron chi connectivity index (χ4n) is 1.89. The van der Waals surface area contributed by atoms with Crippen LogP contribution in [0.3, 0.4) is 0 Å². The molecule has 2 rings (SSSR count). The molecule has 1 unspecified atom stereocenters. The van der Waals surface area contributed by atoms with Crippen molar-refractivity contribution < 1.29 is 4.79 Å². The van der Waals surface area contributed by atoms with Crippen molar-refractivity contribution in [1.29, 1.82) is 0 Å². The summed E-state index contributed by atoms with van der Waals surface area (Å²) >= 11 is 0. The molecule has 1 heterocycles. The number of para-hydroxylation sites is 1. The molecule has 2 aromatic rings. The third-order valence-electron chi connectivity index (χ3n) is 2.90. The highest BCUT2D eigenvalue weighted by Crippen LogP contribution is 2.10. The number of hydrogen-bond donors (Lipinski definition) is 2. The van der Waals surface area contributed by atoms with Gasteiger partial charge in [0.25, 0.3) is 5.91 Å². The molecule has 1 aromatic heterocycles. The van der Waals surface area contributed by atoms with E-state index in [4.69, 9.17) is 5.73 Å². The van der Waals surface area contributed by atoms with Crippen LogP contribution in [0.5, 0.6) is 0 Å². The van der Waals surface area contributed by atoms with E-state index < -0.39 is 0 Å². The van der Waals surface area contributed by atoms with Crippen molar-refractivity contribution in [2.24, 2.45) is 5.92 Å². The molecule has 0 aliphatic rings. The zero-order chi connectivity index (χ0) is 13.7. The highest BCUT2D eigenvalue weighted by atomic mass is 16.1. The van der Waals surface area contributed by atoms with E-state index in [1.807, 2.05) is 16.8 Å². The lowest BCUT2D eigenvalue weighted by molar-refractivity contribution is 0.0948. The van der Waals surface area contributed by atoms with Crippen molar-refractivity contribution in [3.63, 3.8) is 0 Å². The summed E-state index contributed by atoms with van der Waals surface area (Å²) in [5, 5.41) is 2.90. The fraction of sp³-hybridized carbons (Fsp3) is 0.286. The van der Waals surface area contributed by atoms with Crippen LogP contribution in [0.25, 0.3) is 0 Å². The number of nitrogens with two attached hydrogens (primary N) is 1. The van der Waals surface area contributed by atoms with Crippen LogP contribution in [0.15, 0.2) is 43.0 Å².